The third-order valence-corrected chi connectivity index (χ3v) is 6.21. The molecule has 0 radical (unpaired) electrons. The number of anilines is 2. The van der Waals surface area contributed by atoms with Crippen LogP contribution in [0.4, 0.5) is 11.8 Å². The summed E-state index contributed by atoms with van der Waals surface area (Å²) in [6, 6.07) is 1.24. The number of piperidine rings is 1. The third-order valence-electron chi connectivity index (χ3n) is 6.21. The molecule has 2 saturated heterocycles. The SMILES string of the molecule is CNc1cc(C)nc(N2CCC3(CC2)C[C@H](C(=O)O)N(C(=O)C2CC2)C3)n1. The zero-order valence-corrected chi connectivity index (χ0v) is 15.9. The maximum atomic E-state index is 12.6. The predicted molar refractivity (Wildman–Crippen MR) is 101 cm³/mol. The summed E-state index contributed by atoms with van der Waals surface area (Å²) in [6.07, 6.45) is 4.09. The van der Waals surface area contributed by atoms with Crippen LogP contribution in [-0.4, -0.2) is 64.6 Å². The van der Waals surface area contributed by atoms with Crippen LogP contribution in [0.2, 0.25) is 0 Å². The molecule has 3 heterocycles. The number of aromatic nitrogens is 2. The number of hydrogen-bond acceptors (Lipinski definition) is 6. The normalized spacial score (nSPS) is 24.3. The van der Waals surface area contributed by atoms with Gasteiger partial charge in [0.15, 0.2) is 0 Å². The molecule has 2 N–H and O–H groups in total. The third kappa shape index (κ3) is 3.44. The molecule has 1 aromatic rings. The average Bonchev–Trinajstić information content (AvgIpc) is 3.43. The van der Waals surface area contributed by atoms with Crippen molar-refractivity contribution in [1.82, 2.24) is 14.9 Å². The number of rotatable bonds is 4. The summed E-state index contributed by atoms with van der Waals surface area (Å²) < 4.78 is 0. The molecule has 0 bridgehead atoms. The maximum Gasteiger partial charge on any atom is 0.326 e. The highest BCUT2D eigenvalue weighted by Crippen LogP contribution is 2.46. The Labute approximate surface area is 159 Å². The quantitative estimate of drug-likeness (QED) is 0.825. The Balaban J connectivity index is 1.47. The maximum absolute atomic E-state index is 12.6. The molecular formula is C19H27N5O3. The van der Waals surface area contributed by atoms with Crippen LogP contribution < -0.4 is 10.2 Å². The van der Waals surface area contributed by atoms with Gasteiger partial charge in [-0.05, 0) is 44.4 Å². The summed E-state index contributed by atoms with van der Waals surface area (Å²) >= 11 is 0. The Morgan fingerprint density at radius 3 is 2.56 bits per heavy atom. The molecule has 8 heteroatoms. The van der Waals surface area contributed by atoms with E-state index >= 15 is 0 Å². The molecule has 1 saturated carbocycles. The van der Waals surface area contributed by atoms with E-state index in [-0.39, 0.29) is 17.2 Å². The van der Waals surface area contributed by atoms with E-state index in [9.17, 15) is 14.7 Å². The predicted octanol–water partition coefficient (Wildman–Crippen LogP) is 1.51. The summed E-state index contributed by atoms with van der Waals surface area (Å²) in [7, 11) is 1.84. The number of likely N-dealkylation sites (tertiary alicyclic amines) is 1. The number of aliphatic carboxylic acids is 1. The fraction of sp³-hybridized carbons (Fsp3) is 0.684. The molecule has 1 spiro atoms. The number of carbonyl (C=O) groups excluding carboxylic acids is 1. The van der Waals surface area contributed by atoms with E-state index in [1.54, 1.807) is 4.90 Å². The molecule has 1 atom stereocenters. The molecule has 4 rings (SSSR count). The highest BCUT2D eigenvalue weighted by molar-refractivity contribution is 5.87. The second-order valence-electron chi connectivity index (χ2n) is 8.23. The first-order chi connectivity index (χ1) is 12.9. The highest BCUT2D eigenvalue weighted by atomic mass is 16.4. The van der Waals surface area contributed by atoms with Crippen molar-refractivity contribution in [3.63, 3.8) is 0 Å². The largest absolute Gasteiger partial charge is 0.480 e. The summed E-state index contributed by atoms with van der Waals surface area (Å²) in [4.78, 5) is 37.2. The van der Waals surface area contributed by atoms with Crippen molar-refractivity contribution in [3.05, 3.63) is 11.8 Å². The van der Waals surface area contributed by atoms with Crippen LogP contribution in [0.1, 0.15) is 37.8 Å². The van der Waals surface area contributed by atoms with Crippen molar-refractivity contribution in [1.29, 1.82) is 0 Å². The Morgan fingerprint density at radius 1 is 1.26 bits per heavy atom. The van der Waals surface area contributed by atoms with Crippen LogP contribution in [0.15, 0.2) is 6.07 Å². The number of hydrogen-bond donors (Lipinski definition) is 2. The lowest BCUT2D eigenvalue weighted by molar-refractivity contribution is -0.148. The van der Waals surface area contributed by atoms with Gasteiger partial charge in [-0.25, -0.2) is 9.78 Å². The van der Waals surface area contributed by atoms with Gasteiger partial charge in [-0.2, -0.15) is 4.98 Å². The second kappa shape index (κ2) is 6.65. The van der Waals surface area contributed by atoms with Gasteiger partial charge in [0.2, 0.25) is 11.9 Å². The van der Waals surface area contributed by atoms with Gasteiger partial charge < -0.3 is 20.2 Å². The molecule has 2 aliphatic heterocycles. The van der Waals surface area contributed by atoms with Crippen LogP contribution in [0, 0.1) is 18.3 Å². The number of aryl methyl sites for hydroxylation is 1. The van der Waals surface area contributed by atoms with Crippen molar-refractivity contribution in [2.75, 3.05) is 36.9 Å². The number of nitrogens with zero attached hydrogens (tertiary/aromatic N) is 4. The second-order valence-corrected chi connectivity index (χ2v) is 8.23. The van der Waals surface area contributed by atoms with Gasteiger partial charge in [-0.1, -0.05) is 0 Å². The van der Waals surface area contributed by atoms with Gasteiger partial charge in [0.25, 0.3) is 0 Å². The highest BCUT2D eigenvalue weighted by Gasteiger charge is 2.51. The fourth-order valence-corrected chi connectivity index (χ4v) is 4.44. The van der Waals surface area contributed by atoms with E-state index in [2.05, 4.69) is 20.2 Å². The number of amides is 1. The van der Waals surface area contributed by atoms with E-state index in [0.29, 0.717) is 18.9 Å². The van der Waals surface area contributed by atoms with Gasteiger partial charge in [0, 0.05) is 44.4 Å². The molecule has 146 valence electrons. The monoisotopic (exact) mass is 373 g/mol. The van der Waals surface area contributed by atoms with Gasteiger partial charge in [-0.15, -0.1) is 0 Å². The molecule has 27 heavy (non-hydrogen) atoms. The van der Waals surface area contributed by atoms with Crippen LogP contribution >= 0.6 is 0 Å². The molecule has 1 aromatic heterocycles. The first-order valence-corrected chi connectivity index (χ1v) is 9.72. The zero-order valence-electron chi connectivity index (χ0n) is 15.9. The molecule has 8 nitrogen and oxygen atoms in total. The lowest BCUT2D eigenvalue weighted by Crippen LogP contribution is -2.44. The van der Waals surface area contributed by atoms with Crippen molar-refractivity contribution >= 4 is 23.6 Å². The van der Waals surface area contributed by atoms with Crippen LogP contribution in [-0.2, 0) is 9.59 Å². The Bertz CT molecular complexity index is 756. The first-order valence-electron chi connectivity index (χ1n) is 9.72. The number of nitrogens with one attached hydrogen (secondary N) is 1. The van der Waals surface area contributed by atoms with Crippen molar-refractivity contribution in [2.45, 2.75) is 45.1 Å². The lowest BCUT2D eigenvalue weighted by atomic mass is 9.76. The zero-order chi connectivity index (χ0) is 19.2. The summed E-state index contributed by atoms with van der Waals surface area (Å²) in [6.45, 7) is 4.09. The van der Waals surface area contributed by atoms with Crippen molar-refractivity contribution < 1.29 is 14.7 Å². The Morgan fingerprint density at radius 2 is 1.96 bits per heavy atom. The molecule has 1 aliphatic carbocycles. The molecule has 0 unspecified atom stereocenters. The standard InChI is InChI=1S/C19H27N5O3/c1-12-9-15(20-2)22-18(21-12)23-7-5-19(6-8-23)10-14(17(26)27)24(11-19)16(25)13-3-4-13/h9,13-14H,3-8,10-11H2,1-2H3,(H,26,27)(H,20,21,22)/t14-/m1/s1. The topological polar surface area (TPSA) is 98.7 Å². The molecule has 3 aliphatic rings. The molecule has 0 aromatic carbocycles. The van der Waals surface area contributed by atoms with Gasteiger partial charge in [-0.3, -0.25) is 4.79 Å². The summed E-state index contributed by atoms with van der Waals surface area (Å²) in [5.74, 6) is 0.743. The first kappa shape index (κ1) is 18.0. The van der Waals surface area contributed by atoms with E-state index in [4.69, 9.17) is 0 Å². The Hall–Kier alpha value is -2.38. The van der Waals surface area contributed by atoms with Gasteiger partial charge in [0.05, 0.1) is 0 Å². The number of carboxylic acid groups (broad SMARTS) is 1. The Kier molecular flexibility index (Phi) is 4.44. The summed E-state index contributed by atoms with van der Waals surface area (Å²) in [5.41, 5.74) is 0.817. The van der Waals surface area contributed by atoms with E-state index in [1.807, 2.05) is 20.0 Å². The van der Waals surface area contributed by atoms with Crippen LogP contribution in [0.5, 0.6) is 0 Å². The number of carboxylic acids is 1. The van der Waals surface area contributed by atoms with Crippen molar-refractivity contribution in [3.8, 4) is 0 Å². The van der Waals surface area contributed by atoms with E-state index in [0.717, 1.165) is 50.3 Å². The minimum atomic E-state index is -0.871. The molecule has 3 fully saturated rings. The van der Waals surface area contributed by atoms with Crippen molar-refractivity contribution in [2.24, 2.45) is 11.3 Å². The van der Waals surface area contributed by atoms with E-state index < -0.39 is 12.0 Å². The smallest absolute Gasteiger partial charge is 0.326 e. The van der Waals surface area contributed by atoms with Crippen LogP contribution in [0.25, 0.3) is 0 Å². The van der Waals surface area contributed by atoms with E-state index in [1.165, 1.54) is 0 Å². The summed E-state index contributed by atoms with van der Waals surface area (Å²) in [5, 5.41) is 12.7. The number of carbonyl (C=O) groups is 2. The minimum Gasteiger partial charge on any atom is -0.480 e. The minimum absolute atomic E-state index is 0.0439. The fourth-order valence-electron chi connectivity index (χ4n) is 4.44. The molecule has 1 amide bonds. The van der Waals surface area contributed by atoms with Gasteiger partial charge >= 0.3 is 5.97 Å². The average molecular weight is 373 g/mol. The van der Waals surface area contributed by atoms with Crippen LogP contribution in [0.3, 0.4) is 0 Å². The molecular weight excluding hydrogens is 346 g/mol. The lowest BCUT2D eigenvalue weighted by Gasteiger charge is -2.39. The van der Waals surface area contributed by atoms with Gasteiger partial charge in [0.1, 0.15) is 11.9 Å².